The molecule has 2 aromatic rings. The van der Waals surface area contributed by atoms with E-state index in [0.29, 0.717) is 31.9 Å². The second-order valence-corrected chi connectivity index (χ2v) is 6.06. The third kappa shape index (κ3) is 3.44. The Morgan fingerprint density at radius 1 is 1.38 bits per heavy atom. The lowest BCUT2D eigenvalue weighted by molar-refractivity contribution is 0.208. The number of piperazine rings is 1. The third-order valence-electron chi connectivity index (χ3n) is 3.70. The molecule has 1 aromatic carbocycles. The number of amides is 2. The minimum Gasteiger partial charge on any atom is -0.343 e. The summed E-state index contributed by atoms with van der Waals surface area (Å²) in [5.41, 5.74) is 0.414. The molecule has 0 aliphatic carbocycles. The number of hydrogen-bond acceptors (Lipinski definition) is 6. The molecule has 3 rings (SSSR count). The summed E-state index contributed by atoms with van der Waals surface area (Å²) in [4.78, 5) is 20.4. The van der Waals surface area contributed by atoms with E-state index >= 15 is 0 Å². The van der Waals surface area contributed by atoms with Crippen molar-refractivity contribution in [3.05, 3.63) is 35.4 Å². The van der Waals surface area contributed by atoms with Crippen molar-refractivity contribution in [1.82, 2.24) is 14.3 Å². The summed E-state index contributed by atoms with van der Waals surface area (Å²) in [6, 6.07) is 5.29. The predicted molar refractivity (Wildman–Crippen MR) is 88.6 cm³/mol. The zero-order valence-electron chi connectivity index (χ0n) is 13.0. The number of halogens is 1. The number of carbonyl (C=O) groups is 1. The third-order valence-corrected chi connectivity index (χ3v) is 4.57. The molecule has 0 atom stereocenters. The smallest absolute Gasteiger partial charge is 0.322 e. The Morgan fingerprint density at radius 3 is 2.75 bits per heavy atom. The molecular formula is C15H15FN6OS. The second kappa shape index (κ2) is 6.80. The van der Waals surface area contributed by atoms with Gasteiger partial charge in [-0.05, 0) is 25.1 Å². The molecule has 1 saturated heterocycles. The molecule has 24 heavy (non-hydrogen) atoms. The standard InChI is InChI=1S/C15H15FN6OS/c1-10-18-15(24-20-10)22-6-4-21(5-7-22)14(23)19-13-3-2-12(16)8-11(13)9-17/h2-3,8H,4-7H2,1H3,(H,19,23). The highest BCUT2D eigenvalue weighted by molar-refractivity contribution is 7.09. The molecule has 0 unspecified atom stereocenters. The van der Waals surface area contributed by atoms with Crippen LogP contribution in [0.25, 0.3) is 0 Å². The fourth-order valence-corrected chi connectivity index (χ4v) is 3.15. The summed E-state index contributed by atoms with van der Waals surface area (Å²) in [7, 11) is 0. The molecule has 1 aliphatic heterocycles. The van der Waals surface area contributed by atoms with Crippen LogP contribution >= 0.6 is 11.5 Å². The quantitative estimate of drug-likeness (QED) is 0.901. The number of nitrogens with zero attached hydrogens (tertiary/aromatic N) is 5. The number of nitriles is 1. The van der Waals surface area contributed by atoms with Crippen LogP contribution in [0.3, 0.4) is 0 Å². The molecule has 9 heteroatoms. The molecule has 2 amide bonds. The molecule has 1 fully saturated rings. The summed E-state index contributed by atoms with van der Waals surface area (Å²) in [6.45, 7) is 4.24. The molecule has 1 aliphatic rings. The number of benzene rings is 1. The molecule has 0 bridgehead atoms. The van der Waals surface area contributed by atoms with Gasteiger partial charge in [0.15, 0.2) is 0 Å². The van der Waals surface area contributed by atoms with Gasteiger partial charge in [-0.3, -0.25) is 0 Å². The Bertz CT molecular complexity index is 794. The van der Waals surface area contributed by atoms with Crippen LogP contribution in [0.1, 0.15) is 11.4 Å². The minimum absolute atomic E-state index is 0.103. The van der Waals surface area contributed by atoms with Gasteiger partial charge < -0.3 is 15.1 Å². The summed E-state index contributed by atoms with van der Waals surface area (Å²) < 4.78 is 17.3. The lowest BCUT2D eigenvalue weighted by Gasteiger charge is -2.34. The number of hydrogen-bond donors (Lipinski definition) is 1. The van der Waals surface area contributed by atoms with Gasteiger partial charge in [0.2, 0.25) is 5.13 Å². The summed E-state index contributed by atoms with van der Waals surface area (Å²) in [5.74, 6) is 0.237. The predicted octanol–water partition coefficient (Wildman–Crippen LogP) is 2.21. The molecule has 7 nitrogen and oxygen atoms in total. The van der Waals surface area contributed by atoms with E-state index in [1.54, 1.807) is 4.90 Å². The van der Waals surface area contributed by atoms with Crippen molar-refractivity contribution in [2.75, 3.05) is 36.4 Å². The minimum atomic E-state index is -0.509. The first-order chi connectivity index (χ1) is 11.6. The molecule has 0 radical (unpaired) electrons. The lowest BCUT2D eigenvalue weighted by Crippen LogP contribution is -2.50. The number of nitrogens with one attached hydrogen (secondary N) is 1. The summed E-state index contributed by atoms with van der Waals surface area (Å²) in [5, 5.41) is 12.6. The van der Waals surface area contributed by atoms with Crippen molar-refractivity contribution in [1.29, 1.82) is 5.26 Å². The molecule has 0 spiro atoms. The van der Waals surface area contributed by atoms with Crippen LogP contribution in [-0.4, -0.2) is 46.5 Å². The Kier molecular flexibility index (Phi) is 4.57. The SMILES string of the molecule is Cc1nsc(N2CCN(C(=O)Nc3ccc(F)cc3C#N)CC2)n1. The molecule has 2 heterocycles. The Labute approximate surface area is 142 Å². The number of aryl methyl sites for hydroxylation is 1. The molecule has 1 aromatic heterocycles. The molecule has 124 valence electrons. The number of anilines is 2. The van der Waals surface area contributed by atoms with E-state index in [0.717, 1.165) is 17.0 Å². The fraction of sp³-hybridized carbons (Fsp3) is 0.333. The first-order valence-corrected chi connectivity index (χ1v) is 8.15. The van der Waals surface area contributed by atoms with Crippen molar-refractivity contribution < 1.29 is 9.18 Å². The van der Waals surface area contributed by atoms with Gasteiger partial charge in [0.25, 0.3) is 0 Å². The van der Waals surface area contributed by atoms with Crippen LogP contribution in [0.4, 0.5) is 20.0 Å². The van der Waals surface area contributed by atoms with Gasteiger partial charge in [-0.15, -0.1) is 0 Å². The van der Waals surface area contributed by atoms with Crippen molar-refractivity contribution in [3.8, 4) is 6.07 Å². The van der Waals surface area contributed by atoms with Crippen LogP contribution < -0.4 is 10.2 Å². The van der Waals surface area contributed by atoms with Crippen molar-refractivity contribution >= 4 is 28.4 Å². The average Bonchev–Trinajstić information content (AvgIpc) is 3.03. The average molecular weight is 346 g/mol. The number of rotatable bonds is 2. The highest BCUT2D eigenvalue weighted by Crippen LogP contribution is 2.20. The maximum atomic E-state index is 13.1. The van der Waals surface area contributed by atoms with E-state index in [1.165, 1.54) is 23.7 Å². The van der Waals surface area contributed by atoms with Crippen molar-refractivity contribution in [3.63, 3.8) is 0 Å². The van der Waals surface area contributed by atoms with E-state index in [2.05, 4.69) is 19.6 Å². The van der Waals surface area contributed by atoms with Crippen molar-refractivity contribution in [2.24, 2.45) is 0 Å². The number of aromatic nitrogens is 2. The second-order valence-electron chi connectivity index (χ2n) is 5.33. The van der Waals surface area contributed by atoms with Gasteiger partial charge >= 0.3 is 6.03 Å². The number of urea groups is 1. The van der Waals surface area contributed by atoms with Gasteiger partial charge in [-0.2, -0.15) is 9.64 Å². The number of carbonyl (C=O) groups excluding carboxylic acids is 1. The van der Waals surface area contributed by atoms with Gasteiger partial charge in [0.1, 0.15) is 17.7 Å². The summed E-state index contributed by atoms with van der Waals surface area (Å²) in [6.07, 6.45) is 0. The van der Waals surface area contributed by atoms with Gasteiger partial charge in [0.05, 0.1) is 11.3 Å². The first kappa shape index (κ1) is 16.1. The van der Waals surface area contributed by atoms with Crippen LogP contribution in [0.2, 0.25) is 0 Å². The fourth-order valence-electron chi connectivity index (χ4n) is 2.43. The molecular weight excluding hydrogens is 331 g/mol. The zero-order chi connectivity index (χ0) is 17.1. The highest BCUT2D eigenvalue weighted by atomic mass is 32.1. The maximum Gasteiger partial charge on any atom is 0.322 e. The van der Waals surface area contributed by atoms with E-state index in [9.17, 15) is 9.18 Å². The highest BCUT2D eigenvalue weighted by Gasteiger charge is 2.23. The monoisotopic (exact) mass is 346 g/mol. The van der Waals surface area contributed by atoms with Gasteiger partial charge in [-0.1, -0.05) is 0 Å². The topological polar surface area (TPSA) is 85.2 Å². The Morgan fingerprint density at radius 2 is 2.12 bits per heavy atom. The van der Waals surface area contributed by atoms with Gasteiger partial charge in [0, 0.05) is 37.7 Å². The summed E-state index contributed by atoms with van der Waals surface area (Å²) >= 11 is 1.35. The molecule has 1 N–H and O–H groups in total. The van der Waals surface area contributed by atoms with E-state index in [-0.39, 0.29) is 11.6 Å². The van der Waals surface area contributed by atoms with E-state index < -0.39 is 5.82 Å². The van der Waals surface area contributed by atoms with Crippen LogP contribution in [0.15, 0.2) is 18.2 Å². The first-order valence-electron chi connectivity index (χ1n) is 7.37. The van der Waals surface area contributed by atoms with Crippen LogP contribution in [0.5, 0.6) is 0 Å². The molecule has 0 saturated carbocycles. The lowest BCUT2D eigenvalue weighted by atomic mass is 10.2. The normalized spacial score (nSPS) is 14.4. The Balaban J connectivity index is 1.61. The Hall–Kier alpha value is -2.73. The van der Waals surface area contributed by atoms with E-state index in [4.69, 9.17) is 5.26 Å². The van der Waals surface area contributed by atoms with E-state index in [1.807, 2.05) is 13.0 Å². The zero-order valence-corrected chi connectivity index (χ0v) is 13.8. The van der Waals surface area contributed by atoms with Crippen LogP contribution in [0, 0.1) is 24.1 Å². The van der Waals surface area contributed by atoms with Crippen LogP contribution in [-0.2, 0) is 0 Å². The van der Waals surface area contributed by atoms with Gasteiger partial charge in [-0.25, -0.2) is 14.2 Å². The van der Waals surface area contributed by atoms with Crippen molar-refractivity contribution in [2.45, 2.75) is 6.92 Å². The maximum absolute atomic E-state index is 13.1. The largest absolute Gasteiger partial charge is 0.343 e.